The van der Waals surface area contributed by atoms with E-state index in [0.29, 0.717) is 5.16 Å². The van der Waals surface area contributed by atoms with Gasteiger partial charge in [-0.2, -0.15) is 0 Å². The Bertz CT molecular complexity index is 686. The van der Waals surface area contributed by atoms with Crippen molar-refractivity contribution >= 4 is 26.9 Å². The highest BCUT2D eigenvalue weighted by atomic mass is 28.4. The third-order valence-corrected chi connectivity index (χ3v) is 13.8. The summed E-state index contributed by atoms with van der Waals surface area (Å²) in [6.45, 7) is 21.9. The lowest BCUT2D eigenvalue weighted by molar-refractivity contribution is 0.567. The third kappa shape index (κ3) is 3.94. The van der Waals surface area contributed by atoms with Crippen LogP contribution in [-0.2, 0) is 5.41 Å². The summed E-state index contributed by atoms with van der Waals surface area (Å²) in [6.07, 6.45) is 0. The molecule has 0 N–H and O–H groups in total. The molecule has 0 radical (unpaired) electrons. The minimum absolute atomic E-state index is 0.0855. The van der Waals surface area contributed by atoms with Gasteiger partial charge in [-0.25, -0.2) is 0 Å². The van der Waals surface area contributed by atoms with Gasteiger partial charge in [-0.1, -0.05) is 84.3 Å². The molecule has 0 spiro atoms. The fourth-order valence-corrected chi connectivity index (χ4v) is 16.4. The Morgan fingerprint density at radius 1 is 0.870 bits per heavy atom. The summed E-state index contributed by atoms with van der Waals surface area (Å²) in [5, 5.41) is 3.39. The minimum Gasteiger partial charge on any atom is -0.257 e. The number of rotatable bonds is 3. The lowest BCUT2D eigenvalue weighted by atomic mass is 9.90. The second-order valence-electron chi connectivity index (χ2n) is 10.0. The summed E-state index contributed by atoms with van der Waals surface area (Å²) in [7, 11) is -2.73. The molecular formula is C20H33NSi2. The number of benzene rings is 1. The first-order valence-corrected chi connectivity index (χ1v) is 15.9. The van der Waals surface area contributed by atoms with E-state index in [0.717, 1.165) is 0 Å². The molecule has 0 aliphatic carbocycles. The predicted octanol–water partition coefficient (Wildman–Crippen LogP) is 6.37. The van der Waals surface area contributed by atoms with E-state index in [1.807, 2.05) is 0 Å². The summed E-state index contributed by atoms with van der Waals surface area (Å²) >= 11 is 0. The van der Waals surface area contributed by atoms with Crippen molar-refractivity contribution in [2.45, 2.75) is 70.6 Å². The topological polar surface area (TPSA) is 12.9 Å². The second kappa shape index (κ2) is 5.85. The summed E-state index contributed by atoms with van der Waals surface area (Å²) < 4.78 is 0. The third-order valence-electron chi connectivity index (χ3n) is 4.54. The maximum Gasteiger partial charge on any atom is 0.0513 e. The zero-order valence-electron chi connectivity index (χ0n) is 16.4. The summed E-state index contributed by atoms with van der Waals surface area (Å²) in [6, 6.07) is 11.1. The van der Waals surface area contributed by atoms with Crippen molar-refractivity contribution in [2.24, 2.45) is 0 Å². The van der Waals surface area contributed by atoms with Crippen LogP contribution in [0.5, 0.6) is 0 Å². The van der Waals surface area contributed by atoms with Crippen molar-refractivity contribution in [3.8, 4) is 0 Å². The second-order valence-corrected chi connectivity index (χ2v) is 21.2. The fourth-order valence-electron chi connectivity index (χ4n) is 3.95. The Morgan fingerprint density at radius 3 is 1.87 bits per heavy atom. The van der Waals surface area contributed by atoms with Gasteiger partial charge in [0.15, 0.2) is 0 Å². The van der Waals surface area contributed by atoms with Gasteiger partial charge < -0.3 is 0 Å². The first kappa shape index (κ1) is 18.4. The van der Waals surface area contributed by atoms with Crippen LogP contribution in [0.15, 0.2) is 30.3 Å². The molecule has 1 aromatic heterocycles. The van der Waals surface area contributed by atoms with E-state index in [4.69, 9.17) is 4.98 Å². The molecule has 0 unspecified atom stereocenters. The van der Waals surface area contributed by atoms with Crippen molar-refractivity contribution in [3.05, 3.63) is 41.7 Å². The van der Waals surface area contributed by atoms with E-state index in [-0.39, 0.29) is 5.41 Å². The molecule has 0 saturated heterocycles. The Morgan fingerprint density at radius 2 is 1.39 bits per heavy atom. The minimum atomic E-state index is -1.36. The average Bonchev–Trinajstić information content (AvgIpc) is 2.34. The zero-order valence-corrected chi connectivity index (χ0v) is 18.4. The molecule has 0 atom stereocenters. The quantitative estimate of drug-likeness (QED) is 0.590. The van der Waals surface area contributed by atoms with Crippen LogP contribution in [-0.4, -0.2) is 21.1 Å². The molecule has 3 heteroatoms. The van der Waals surface area contributed by atoms with E-state index >= 15 is 0 Å². The largest absolute Gasteiger partial charge is 0.257 e. The molecule has 0 amide bonds. The van der Waals surface area contributed by atoms with Crippen molar-refractivity contribution in [1.82, 2.24) is 4.98 Å². The molecule has 0 aliphatic rings. The molecule has 1 heterocycles. The van der Waals surface area contributed by atoms with Crippen LogP contribution in [0.3, 0.4) is 0 Å². The van der Waals surface area contributed by atoms with Gasteiger partial charge in [-0.15, -0.1) is 0 Å². The van der Waals surface area contributed by atoms with Gasteiger partial charge in [0, 0.05) is 22.2 Å². The molecule has 0 saturated carbocycles. The van der Waals surface area contributed by atoms with Crippen LogP contribution >= 0.6 is 0 Å². The van der Waals surface area contributed by atoms with E-state index in [1.165, 1.54) is 22.2 Å². The molecular weight excluding hydrogens is 310 g/mol. The predicted molar refractivity (Wildman–Crippen MR) is 110 cm³/mol. The molecule has 0 aliphatic heterocycles. The van der Waals surface area contributed by atoms with Crippen LogP contribution in [0.2, 0.25) is 39.3 Å². The van der Waals surface area contributed by atoms with Gasteiger partial charge in [-0.05, 0) is 16.6 Å². The van der Waals surface area contributed by atoms with Crippen molar-refractivity contribution in [3.63, 3.8) is 0 Å². The number of pyridine rings is 1. The van der Waals surface area contributed by atoms with Crippen LogP contribution < -0.4 is 0 Å². The number of nitrogens with zero attached hydrogens (tertiary/aromatic N) is 1. The zero-order chi connectivity index (χ0) is 17.6. The Balaban J connectivity index is 2.85. The summed E-state index contributed by atoms with van der Waals surface area (Å²) in [4.78, 5) is 5.27. The highest BCUT2D eigenvalue weighted by molar-refractivity contribution is 6.96. The van der Waals surface area contributed by atoms with Crippen LogP contribution in [0.1, 0.15) is 37.3 Å². The molecule has 0 bridgehead atoms. The van der Waals surface area contributed by atoms with E-state index in [2.05, 4.69) is 90.4 Å². The highest BCUT2D eigenvalue weighted by Crippen LogP contribution is 2.39. The monoisotopic (exact) mass is 343 g/mol. The summed E-state index contributed by atoms with van der Waals surface area (Å²) in [5.41, 5.74) is 2.70. The Kier molecular flexibility index (Phi) is 4.68. The molecule has 126 valence electrons. The maximum atomic E-state index is 5.27. The SMILES string of the molecule is CC(C)(C)c1cc2ccccc2c(C([Si](C)(C)C)[Si](C)(C)C)n1. The molecule has 2 rings (SSSR count). The molecule has 1 nitrogen and oxygen atoms in total. The smallest absolute Gasteiger partial charge is 0.0513 e. The Labute approximate surface area is 144 Å². The van der Waals surface area contributed by atoms with Crippen LogP contribution in [0, 0.1) is 0 Å². The first-order chi connectivity index (χ1) is 10.3. The molecule has 23 heavy (non-hydrogen) atoms. The van der Waals surface area contributed by atoms with Gasteiger partial charge >= 0.3 is 0 Å². The molecule has 2 aromatic rings. The van der Waals surface area contributed by atoms with Gasteiger partial charge in [0.25, 0.3) is 0 Å². The van der Waals surface area contributed by atoms with Gasteiger partial charge in [0.1, 0.15) is 0 Å². The van der Waals surface area contributed by atoms with E-state index in [9.17, 15) is 0 Å². The normalized spacial score (nSPS) is 13.8. The highest BCUT2D eigenvalue weighted by Gasteiger charge is 2.40. The maximum absolute atomic E-state index is 5.27. The standard InChI is InChI=1S/C20H33NSi2/c1-20(2,3)17-14-15-12-10-11-13-16(15)18(21-17)19(22(4,5)6)23(7,8)9/h10-14,19H,1-9H3. The lowest BCUT2D eigenvalue weighted by Crippen LogP contribution is -2.47. The molecule has 1 aromatic carbocycles. The fraction of sp³-hybridized carbons (Fsp3) is 0.550. The summed E-state index contributed by atoms with van der Waals surface area (Å²) in [5.74, 6) is 0. The van der Waals surface area contributed by atoms with Crippen molar-refractivity contribution in [2.75, 3.05) is 0 Å². The van der Waals surface area contributed by atoms with Crippen LogP contribution in [0.4, 0.5) is 0 Å². The molecule has 0 fully saturated rings. The lowest BCUT2D eigenvalue weighted by Gasteiger charge is -2.39. The Hall–Kier alpha value is -0.936. The number of fused-ring (bicyclic) bond motifs is 1. The van der Waals surface area contributed by atoms with Gasteiger partial charge in [-0.3, -0.25) is 4.98 Å². The van der Waals surface area contributed by atoms with Crippen molar-refractivity contribution in [1.29, 1.82) is 0 Å². The first-order valence-electron chi connectivity index (χ1n) is 8.72. The van der Waals surface area contributed by atoms with Gasteiger partial charge in [0.05, 0.1) is 16.1 Å². The van der Waals surface area contributed by atoms with Crippen molar-refractivity contribution < 1.29 is 0 Å². The van der Waals surface area contributed by atoms with Gasteiger partial charge in [0.2, 0.25) is 0 Å². The van der Waals surface area contributed by atoms with E-state index in [1.54, 1.807) is 0 Å². The van der Waals surface area contributed by atoms with E-state index < -0.39 is 16.1 Å². The number of hydrogen-bond donors (Lipinski definition) is 0. The average molecular weight is 344 g/mol. The number of aromatic nitrogens is 1. The number of hydrogen-bond acceptors (Lipinski definition) is 1. The van der Waals surface area contributed by atoms with Crippen LogP contribution in [0.25, 0.3) is 10.8 Å².